The van der Waals surface area contributed by atoms with Gasteiger partial charge in [-0.25, -0.2) is 12.7 Å². The number of methoxy groups -OCH3 is 1. The van der Waals surface area contributed by atoms with Crippen LogP contribution < -0.4 is 0 Å². The maximum atomic E-state index is 12.8. The molecule has 0 radical (unpaired) electrons. The molecule has 0 bridgehead atoms. The molecule has 0 aromatic heterocycles. The predicted octanol–water partition coefficient (Wildman–Crippen LogP) is 1.48. The van der Waals surface area contributed by atoms with Gasteiger partial charge in [0.05, 0.1) is 4.90 Å². The third-order valence-corrected chi connectivity index (χ3v) is 5.76. The van der Waals surface area contributed by atoms with Gasteiger partial charge in [-0.1, -0.05) is 17.7 Å². The van der Waals surface area contributed by atoms with E-state index in [2.05, 4.69) is 0 Å². The van der Waals surface area contributed by atoms with E-state index in [1.165, 1.54) is 26.2 Å². The Balaban J connectivity index is 2.51. The van der Waals surface area contributed by atoms with Crippen molar-refractivity contribution in [3.05, 3.63) is 29.8 Å². The van der Waals surface area contributed by atoms with Gasteiger partial charge in [0, 0.05) is 7.11 Å². The second kappa shape index (κ2) is 5.81. The standard InChI is InChI=1S/C15H19NO5S/c1-11-4-6-12(7-5-11)22(19,20)16-13(21-3)8-9-15(2,10-17)14(16)18/h4-7,10,13H,8-9H2,1-3H3/t13-,15+/m1/s1. The smallest absolute Gasteiger partial charge is 0.268 e. The number of aryl methyl sites for hydroxylation is 1. The number of piperidine rings is 1. The maximum Gasteiger partial charge on any atom is 0.268 e. The first-order valence-corrected chi connectivity index (χ1v) is 8.35. The lowest BCUT2D eigenvalue weighted by molar-refractivity contribution is -0.154. The summed E-state index contributed by atoms with van der Waals surface area (Å²) in [5, 5.41) is 0. The normalized spacial score (nSPS) is 26.0. The van der Waals surface area contributed by atoms with Crippen LogP contribution in [0.3, 0.4) is 0 Å². The second-order valence-corrected chi connectivity index (χ2v) is 7.50. The largest absolute Gasteiger partial charge is 0.360 e. The third kappa shape index (κ3) is 2.66. The molecule has 1 heterocycles. The van der Waals surface area contributed by atoms with E-state index < -0.39 is 27.6 Å². The fraction of sp³-hybridized carbons (Fsp3) is 0.467. The van der Waals surface area contributed by atoms with Crippen molar-refractivity contribution in [1.29, 1.82) is 0 Å². The van der Waals surface area contributed by atoms with Crippen molar-refractivity contribution in [3.8, 4) is 0 Å². The van der Waals surface area contributed by atoms with Crippen LogP contribution in [-0.4, -0.2) is 38.3 Å². The van der Waals surface area contributed by atoms with Gasteiger partial charge in [0.15, 0.2) is 0 Å². The number of benzene rings is 1. The van der Waals surface area contributed by atoms with Crippen molar-refractivity contribution in [1.82, 2.24) is 4.31 Å². The van der Waals surface area contributed by atoms with Crippen molar-refractivity contribution in [2.24, 2.45) is 5.41 Å². The highest BCUT2D eigenvalue weighted by Crippen LogP contribution is 2.36. The van der Waals surface area contributed by atoms with E-state index in [4.69, 9.17) is 4.74 Å². The molecule has 0 saturated carbocycles. The van der Waals surface area contributed by atoms with Crippen molar-refractivity contribution in [2.45, 2.75) is 37.8 Å². The molecule has 0 aliphatic carbocycles. The number of nitrogens with zero attached hydrogens (tertiary/aromatic N) is 1. The fourth-order valence-electron chi connectivity index (χ4n) is 2.44. The van der Waals surface area contributed by atoms with Crippen molar-refractivity contribution in [2.75, 3.05) is 7.11 Å². The minimum absolute atomic E-state index is 0.00338. The minimum Gasteiger partial charge on any atom is -0.360 e. The van der Waals surface area contributed by atoms with Crippen LogP contribution in [0.25, 0.3) is 0 Å². The minimum atomic E-state index is -4.07. The monoisotopic (exact) mass is 325 g/mol. The van der Waals surface area contributed by atoms with Crippen LogP contribution in [0.4, 0.5) is 0 Å². The van der Waals surface area contributed by atoms with Gasteiger partial charge in [-0.15, -0.1) is 0 Å². The van der Waals surface area contributed by atoms with E-state index in [1.54, 1.807) is 12.1 Å². The summed E-state index contributed by atoms with van der Waals surface area (Å²) < 4.78 is 31.4. The molecule has 2 atom stereocenters. The van der Waals surface area contributed by atoms with Gasteiger partial charge >= 0.3 is 0 Å². The number of carbonyl (C=O) groups excluding carboxylic acids is 2. The third-order valence-electron chi connectivity index (χ3n) is 3.97. The summed E-state index contributed by atoms with van der Waals surface area (Å²) in [4.78, 5) is 23.8. The number of hydrogen-bond donors (Lipinski definition) is 0. The fourth-order valence-corrected chi connectivity index (χ4v) is 4.08. The Morgan fingerprint density at radius 2 is 1.91 bits per heavy atom. The molecule has 1 amide bonds. The molecule has 22 heavy (non-hydrogen) atoms. The Morgan fingerprint density at radius 1 is 1.32 bits per heavy atom. The van der Waals surface area contributed by atoms with E-state index in [1.807, 2.05) is 6.92 Å². The summed E-state index contributed by atoms with van der Waals surface area (Å²) in [5.74, 6) is -0.749. The summed E-state index contributed by atoms with van der Waals surface area (Å²) in [6, 6.07) is 6.19. The molecule has 0 unspecified atom stereocenters. The Hall–Kier alpha value is -1.73. The molecule has 7 heteroatoms. The average molecular weight is 325 g/mol. The number of aldehydes is 1. The van der Waals surface area contributed by atoms with Crippen LogP contribution >= 0.6 is 0 Å². The van der Waals surface area contributed by atoms with E-state index in [9.17, 15) is 18.0 Å². The quantitative estimate of drug-likeness (QED) is 0.619. The molecule has 1 aliphatic rings. The highest BCUT2D eigenvalue weighted by atomic mass is 32.2. The van der Waals surface area contributed by atoms with Gasteiger partial charge < -0.3 is 9.53 Å². The Kier molecular flexibility index (Phi) is 4.39. The highest BCUT2D eigenvalue weighted by molar-refractivity contribution is 7.89. The number of sulfonamides is 1. The summed E-state index contributed by atoms with van der Waals surface area (Å²) in [7, 11) is -2.72. The van der Waals surface area contributed by atoms with Gasteiger partial charge in [-0.2, -0.15) is 0 Å². The molecule has 1 aromatic rings. The Labute approximate surface area is 130 Å². The lowest BCUT2D eigenvalue weighted by Crippen LogP contribution is -2.56. The lowest BCUT2D eigenvalue weighted by atomic mass is 9.83. The lowest BCUT2D eigenvalue weighted by Gasteiger charge is -2.40. The Bertz CT molecular complexity index is 682. The van der Waals surface area contributed by atoms with Crippen LogP contribution in [0.2, 0.25) is 0 Å². The molecule has 1 aliphatic heterocycles. The summed E-state index contributed by atoms with van der Waals surface area (Å²) >= 11 is 0. The predicted molar refractivity (Wildman–Crippen MR) is 79.4 cm³/mol. The maximum absolute atomic E-state index is 12.8. The molecule has 6 nitrogen and oxygen atoms in total. The highest BCUT2D eigenvalue weighted by Gasteiger charge is 2.49. The number of carbonyl (C=O) groups is 2. The van der Waals surface area contributed by atoms with Crippen molar-refractivity contribution in [3.63, 3.8) is 0 Å². The van der Waals surface area contributed by atoms with Crippen LogP contribution in [0.5, 0.6) is 0 Å². The molecule has 1 fully saturated rings. The SMILES string of the molecule is CO[C@@H]1CC[C@@](C)(C=O)C(=O)N1S(=O)(=O)c1ccc(C)cc1. The number of amides is 1. The second-order valence-electron chi connectivity index (χ2n) is 5.68. The van der Waals surface area contributed by atoms with Gasteiger partial charge in [0.1, 0.15) is 17.9 Å². The van der Waals surface area contributed by atoms with Crippen LogP contribution in [0.1, 0.15) is 25.3 Å². The molecular formula is C15H19NO5S. The van der Waals surface area contributed by atoms with Gasteiger partial charge in [0.25, 0.3) is 15.9 Å². The van der Waals surface area contributed by atoms with E-state index in [0.29, 0.717) is 10.6 Å². The number of ether oxygens (including phenoxy) is 1. The van der Waals surface area contributed by atoms with Crippen LogP contribution in [0.15, 0.2) is 29.2 Å². The first-order valence-electron chi connectivity index (χ1n) is 6.91. The van der Waals surface area contributed by atoms with Crippen molar-refractivity contribution >= 4 is 22.2 Å². The van der Waals surface area contributed by atoms with Crippen LogP contribution in [0, 0.1) is 12.3 Å². The molecule has 120 valence electrons. The summed E-state index contributed by atoms with van der Waals surface area (Å²) in [6.07, 6.45) is 0.154. The first-order chi connectivity index (χ1) is 10.3. The molecule has 0 N–H and O–H groups in total. The molecular weight excluding hydrogens is 306 g/mol. The number of rotatable bonds is 4. The molecule has 0 spiro atoms. The van der Waals surface area contributed by atoms with Crippen LogP contribution in [-0.2, 0) is 24.3 Å². The zero-order chi connectivity index (χ0) is 16.5. The van der Waals surface area contributed by atoms with Gasteiger partial charge in [-0.3, -0.25) is 4.79 Å². The topological polar surface area (TPSA) is 80.8 Å². The summed E-state index contributed by atoms with van der Waals surface area (Å²) in [5.41, 5.74) is -0.433. The molecule has 1 aromatic carbocycles. The molecule has 2 rings (SSSR count). The van der Waals surface area contributed by atoms with Gasteiger partial charge in [0.2, 0.25) is 0 Å². The van der Waals surface area contributed by atoms with E-state index >= 15 is 0 Å². The zero-order valence-corrected chi connectivity index (χ0v) is 13.6. The summed E-state index contributed by atoms with van der Waals surface area (Å²) in [6.45, 7) is 3.29. The van der Waals surface area contributed by atoms with E-state index in [0.717, 1.165) is 5.56 Å². The Morgan fingerprint density at radius 3 is 2.41 bits per heavy atom. The van der Waals surface area contributed by atoms with Crippen molar-refractivity contribution < 1.29 is 22.7 Å². The number of hydrogen-bond acceptors (Lipinski definition) is 5. The molecule has 1 saturated heterocycles. The van der Waals surface area contributed by atoms with E-state index in [-0.39, 0.29) is 17.7 Å². The first kappa shape index (κ1) is 16.6. The van der Waals surface area contributed by atoms with Gasteiger partial charge in [-0.05, 0) is 38.8 Å². The average Bonchev–Trinajstić information content (AvgIpc) is 2.50. The zero-order valence-electron chi connectivity index (χ0n) is 12.8.